The van der Waals surface area contributed by atoms with Gasteiger partial charge in [-0.2, -0.15) is 13.9 Å². The second-order valence-electron chi connectivity index (χ2n) is 5.86. The number of rotatable bonds is 6. The Balaban J connectivity index is 1.69. The van der Waals surface area contributed by atoms with Crippen molar-refractivity contribution in [3.8, 4) is 5.75 Å². The smallest absolute Gasteiger partial charge is 0.387 e. The minimum Gasteiger partial charge on any atom is -0.435 e. The highest BCUT2D eigenvalue weighted by molar-refractivity contribution is 7.89. The number of halogens is 2. The second-order valence-corrected chi connectivity index (χ2v) is 7.63. The topological polar surface area (TPSA) is 84.1 Å². The lowest BCUT2D eigenvalue weighted by molar-refractivity contribution is -0.0498. The Morgan fingerprint density at radius 3 is 2.60 bits per heavy atom. The first-order valence-corrected chi connectivity index (χ1v) is 9.53. The van der Waals surface area contributed by atoms with Crippen LogP contribution in [0.1, 0.15) is 36.2 Å². The lowest BCUT2D eigenvalue weighted by atomic mass is 10.1. The largest absolute Gasteiger partial charge is 0.435 e. The SMILES string of the molecule is O=S(=O)(NCc1n[nH]c2c1CCCCC2)c1ccc(OC(F)F)cc1. The molecule has 9 heteroatoms. The zero-order chi connectivity index (χ0) is 17.9. The molecule has 1 aliphatic rings. The summed E-state index contributed by atoms with van der Waals surface area (Å²) in [5.74, 6) is -0.0911. The van der Waals surface area contributed by atoms with Crippen LogP contribution in [0.25, 0.3) is 0 Å². The molecular formula is C16H19F2N3O3S. The van der Waals surface area contributed by atoms with Crippen LogP contribution in [0.15, 0.2) is 29.2 Å². The van der Waals surface area contributed by atoms with Gasteiger partial charge in [0.25, 0.3) is 0 Å². The van der Waals surface area contributed by atoms with Crippen LogP contribution in [-0.4, -0.2) is 25.2 Å². The minimum atomic E-state index is -3.76. The number of benzene rings is 1. The van der Waals surface area contributed by atoms with Crippen molar-refractivity contribution in [2.45, 2.75) is 50.2 Å². The first-order valence-electron chi connectivity index (χ1n) is 8.05. The molecule has 6 nitrogen and oxygen atoms in total. The van der Waals surface area contributed by atoms with E-state index in [-0.39, 0.29) is 17.2 Å². The lowest BCUT2D eigenvalue weighted by Crippen LogP contribution is -2.24. The molecule has 0 fully saturated rings. The van der Waals surface area contributed by atoms with Crippen LogP contribution in [-0.2, 0) is 29.4 Å². The molecule has 136 valence electrons. The molecule has 1 aromatic heterocycles. The molecule has 0 saturated carbocycles. The maximum absolute atomic E-state index is 12.4. The van der Waals surface area contributed by atoms with Gasteiger partial charge in [-0.25, -0.2) is 13.1 Å². The Morgan fingerprint density at radius 1 is 1.16 bits per heavy atom. The number of aromatic amines is 1. The van der Waals surface area contributed by atoms with Gasteiger partial charge < -0.3 is 4.74 Å². The fourth-order valence-corrected chi connectivity index (χ4v) is 3.91. The van der Waals surface area contributed by atoms with Gasteiger partial charge in [0, 0.05) is 5.69 Å². The molecule has 0 bridgehead atoms. The van der Waals surface area contributed by atoms with Crippen LogP contribution >= 0.6 is 0 Å². The van der Waals surface area contributed by atoms with Crippen molar-refractivity contribution in [3.05, 3.63) is 41.2 Å². The van der Waals surface area contributed by atoms with E-state index >= 15 is 0 Å². The van der Waals surface area contributed by atoms with Gasteiger partial charge in [-0.3, -0.25) is 5.10 Å². The summed E-state index contributed by atoms with van der Waals surface area (Å²) < 4.78 is 55.7. The van der Waals surface area contributed by atoms with Crippen molar-refractivity contribution in [2.24, 2.45) is 0 Å². The van der Waals surface area contributed by atoms with E-state index in [1.165, 1.54) is 24.3 Å². The molecule has 0 unspecified atom stereocenters. The first kappa shape index (κ1) is 17.8. The van der Waals surface area contributed by atoms with E-state index in [2.05, 4.69) is 19.7 Å². The molecule has 0 saturated heterocycles. The van der Waals surface area contributed by atoms with Crippen molar-refractivity contribution in [1.29, 1.82) is 0 Å². The van der Waals surface area contributed by atoms with Crippen molar-refractivity contribution in [3.63, 3.8) is 0 Å². The maximum Gasteiger partial charge on any atom is 0.387 e. The average Bonchev–Trinajstić information content (AvgIpc) is 2.80. The van der Waals surface area contributed by atoms with Gasteiger partial charge in [0.15, 0.2) is 0 Å². The summed E-state index contributed by atoms with van der Waals surface area (Å²) in [6.07, 6.45) is 5.15. The molecule has 0 spiro atoms. The molecule has 2 N–H and O–H groups in total. The Kier molecular flexibility index (Phi) is 5.33. The van der Waals surface area contributed by atoms with Gasteiger partial charge in [0.05, 0.1) is 17.1 Å². The molecular weight excluding hydrogens is 352 g/mol. The van der Waals surface area contributed by atoms with Crippen LogP contribution in [0.3, 0.4) is 0 Å². The second kappa shape index (κ2) is 7.49. The molecule has 1 aromatic carbocycles. The van der Waals surface area contributed by atoms with E-state index in [0.717, 1.165) is 43.4 Å². The number of hydrogen-bond donors (Lipinski definition) is 2. The number of aromatic nitrogens is 2. The van der Waals surface area contributed by atoms with Crippen molar-refractivity contribution in [1.82, 2.24) is 14.9 Å². The number of ether oxygens (including phenoxy) is 1. The number of aryl methyl sites for hydroxylation is 1. The van der Waals surface area contributed by atoms with Gasteiger partial charge >= 0.3 is 6.61 Å². The van der Waals surface area contributed by atoms with Crippen molar-refractivity contribution in [2.75, 3.05) is 0 Å². The van der Waals surface area contributed by atoms with E-state index in [9.17, 15) is 17.2 Å². The standard InChI is InChI=1S/C16H19F2N3O3S/c17-16(18)24-11-6-8-12(9-7-11)25(22,23)19-10-15-13-4-2-1-3-5-14(13)20-21-15/h6-9,16,19H,1-5,10H2,(H,20,21). The first-order chi connectivity index (χ1) is 12.0. The molecule has 25 heavy (non-hydrogen) atoms. The fraction of sp³-hybridized carbons (Fsp3) is 0.438. The van der Waals surface area contributed by atoms with Crippen LogP contribution in [0.5, 0.6) is 5.75 Å². The Labute approximate surface area is 144 Å². The summed E-state index contributed by atoms with van der Waals surface area (Å²) in [6.45, 7) is -2.86. The molecule has 0 radical (unpaired) electrons. The Morgan fingerprint density at radius 2 is 1.88 bits per heavy atom. The van der Waals surface area contributed by atoms with Crippen LogP contribution in [0.4, 0.5) is 8.78 Å². The van der Waals surface area contributed by atoms with Gasteiger partial charge in [-0.05, 0) is 55.5 Å². The van der Waals surface area contributed by atoms with E-state index in [0.29, 0.717) is 5.69 Å². The van der Waals surface area contributed by atoms with Gasteiger partial charge in [-0.1, -0.05) is 6.42 Å². The summed E-state index contributed by atoms with van der Waals surface area (Å²) in [5.41, 5.74) is 2.89. The zero-order valence-corrected chi connectivity index (χ0v) is 14.3. The van der Waals surface area contributed by atoms with Gasteiger partial charge in [-0.15, -0.1) is 0 Å². The number of nitrogens with one attached hydrogen (secondary N) is 2. The van der Waals surface area contributed by atoms with E-state index in [1.807, 2.05) is 0 Å². The summed E-state index contributed by atoms with van der Waals surface area (Å²) in [5, 5.41) is 7.22. The van der Waals surface area contributed by atoms with Crippen molar-refractivity contribution < 1.29 is 21.9 Å². The summed E-state index contributed by atoms with van der Waals surface area (Å²) in [4.78, 5) is -0.0178. The van der Waals surface area contributed by atoms with E-state index in [1.54, 1.807) is 0 Å². The van der Waals surface area contributed by atoms with E-state index < -0.39 is 16.6 Å². The van der Waals surface area contributed by atoms with Crippen LogP contribution in [0, 0.1) is 0 Å². The zero-order valence-electron chi connectivity index (χ0n) is 13.5. The van der Waals surface area contributed by atoms with Crippen molar-refractivity contribution >= 4 is 10.0 Å². The van der Waals surface area contributed by atoms with Gasteiger partial charge in [0.2, 0.25) is 10.0 Å². The molecule has 0 atom stereocenters. The molecule has 0 amide bonds. The summed E-state index contributed by atoms with van der Waals surface area (Å²) >= 11 is 0. The molecule has 2 aromatic rings. The van der Waals surface area contributed by atoms with Crippen LogP contribution < -0.4 is 9.46 Å². The third kappa shape index (κ3) is 4.35. The molecule has 3 rings (SSSR count). The summed E-state index contributed by atoms with van der Waals surface area (Å²) in [6, 6.07) is 4.85. The number of sulfonamides is 1. The predicted molar refractivity (Wildman–Crippen MR) is 86.9 cm³/mol. The highest BCUT2D eigenvalue weighted by atomic mass is 32.2. The monoisotopic (exact) mass is 371 g/mol. The Hall–Kier alpha value is -2.00. The van der Waals surface area contributed by atoms with E-state index in [4.69, 9.17) is 0 Å². The maximum atomic E-state index is 12.4. The number of nitrogens with zero attached hydrogens (tertiary/aromatic N) is 1. The quantitative estimate of drug-likeness (QED) is 0.765. The highest BCUT2D eigenvalue weighted by Gasteiger charge is 2.19. The number of hydrogen-bond acceptors (Lipinski definition) is 4. The summed E-state index contributed by atoms with van der Waals surface area (Å²) in [7, 11) is -3.76. The number of H-pyrrole nitrogens is 1. The average molecular weight is 371 g/mol. The minimum absolute atomic E-state index is 0.0178. The highest BCUT2D eigenvalue weighted by Crippen LogP contribution is 2.22. The number of alkyl halides is 2. The number of fused-ring (bicyclic) bond motifs is 1. The lowest BCUT2D eigenvalue weighted by Gasteiger charge is -2.08. The molecule has 0 aliphatic heterocycles. The van der Waals surface area contributed by atoms with Gasteiger partial charge in [0.1, 0.15) is 5.75 Å². The fourth-order valence-electron chi connectivity index (χ4n) is 2.92. The third-order valence-electron chi connectivity index (χ3n) is 4.18. The molecule has 1 heterocycles. The third-order valence-corrected chi connectivity index (χ3v) is 5.60. The Bertz CT molecular complexity index is 820. The normalized spacial score (nSPS) is 15.0. The predicted octanol–water partition coefficient (Wildman–Crippen LogP) is 2.76. The molecule has 1 aliphatic carbocycles. The van der Waals surface area contributed by atoms with Crippen LogP contribution in [0.2, 0.25) is 0 Å².